The van der Waals surface area contributed by atoms with E-state index in [1.54, 1.807) is 0 Å². The lowest BCUT2D eigenvalue weighted by Gasteiger charge is -2.15. The van der Waals surface area contributed by atoms with Gasteiger partial charge in [0.15, 0.2) is 0 Å². The average molecular weight is 312 g/mol. The molecule has 0 fully saturated rings. The molecule has 1 aromatic carbocycles. The highest BCUT2D eigenvalue weighted by atomic mass is 79.9. The number of hydrogen-bond acceptors (Lipinski definition) is 2. The Morgan fingerprint density at radius 2 is 2.35 bits per heavy atom. The van der Waals surface area contributed by atoms with Crippen molar-refractivity contribution in [1.29, 1.82) is 0 Å². The van der Waals surface area contributed by atoms with Crippen LogP contribution in [0.4, 0.5) is 0 Å². The molecule has 1 atom stereocenters. The predicted octanol–water partition coefficient (Wildman–Crippen LogP) is 3.93. The minimum absolute atomic E-state index is 0.406. The molecule has 1 N–H and O–H groups in total. The smallest absolute Gasteiger partial charge is 0.0271 e. The Morgan fingerprint density at radius 3 is 3.00 bits per heavy atom. The van der Waals surface area contributed by atoms with E-state index in [4.69, 9.17) is 6.42 Å². The molecule has 0 radical (unpaired) electrons. The zero-order valence-corrected chi connectivity index (χ0v) is 12.5. The summed E-state index contributed by atoms with van der Waals surface area (Å²) in [4.78, 5) is 1.28. The zero-order valence-electron chi connectivity index (χ0n) is 10.1. The van der Waals surface area contributed by atoms with Gasteiger partial charge in [-0.25, -0.2) is 0 Å². The maximum absolute atomic E-state index is 5.39. The van der Waals surface area contributed by atoms with Gasteiger partial charge in [-0.3, -0.25) is 0 Å². The first-order chi connectivity index (χ1) is 8.26. The van der Waals surface area contributed by atoms with Crippen LogP contribution in [0.2, 0.25) is 0 Å². The topological polar surface area (TPSA) is 12.0 Å². The van der Waals surface area contributed by atoms with Crippen molar-refractivity contribution in [2.45, 2.75) is 30.7 Å². The van der Waals surface area contributed by atoms with Gasteiger partial charge < -0.3 is 5.32 Å². The SMILES string of the molecule is C#CCC(CSc1cccc(Br)c1)NCCC. The second kappa shape index (κ2) is 8.63. The van der Waals surface area contributed by atoms with Crippen molar-refractivity contribution in [1.82, 2.24) is 5.32 Å². The van der Waals surface area contributed by atoms with Gasteiger partial charge in [-0.2, -0.15) is 0 Å². The van der Waals surface area contributed by atoms with Crippen molar-refractivity contribution in [2.75, 3.05) is 12.3 Å². The van der Waals surface area contributed by atoms with Crippen molar-refractivity contribution >= 4 is 27.7 Å². The summed E-state index contributed by atoms with van der Waals surface area (Å²) in [7, 11) is 0. The van der Waals surface area contributed by atoms with E-state index in [1.807, 2.05) is 17.8 Å². The number of nitrogens with one attached hydrogen (secondary N) is 1. The molecule has 92 valence electrons. The molecule has 0 aliphatic carbocycles. The first-order valence-corrected chi connectivity index (χ1v) is 7.59. The van der Waals surface area contributed by atoms with Gasteiger partial charge >= 0.3 is 0 Å². The van der Waals surface area contributed by atoms with Gasteiger partial charge in [0.2, 0.25) is 0 Å². The maximum atomic E-state index is 5.39. The van der Waals surface area contributed by atoms with Gasteiger partial charge in [0.25, 0.3) is 0 Å². The van der Waals surface area contributed by atoms with Gasteiger partial charge in [0.1, 0.15) is 0 Å². The normalized spacial score (nSPS) is 12.1. The van der Waals surface area contributed by atoms with E-state index in [0.29, 0.717) is 6.04 Å². The highest BCUT2D eigenvalue weighted by molar-refractivity contribution is 9.10. The van der Waals surface area contributed by atoms with Crippen LogP contribution in [0.15, 0.2) is 33.6 Å². The van der Waals surface area contributed by atoms with Crippen LogP contribution in [0.1, 0.15) is 19.8 Å². The molecule has 1 aromatic rings. The highest BCUT2D eigenvalue weighted by Gasteiger charge is 2.06. The van der Waals surface area contributed by atoms with E-state index in [1.165, 1.54) is 4.90 Å². The van der Waals surface area contributed by atoms with Crippen LogP contribution in [0.3, 0.4) is 0 Å². The number of rotatable bonds is 7. The summed E-state index contributed by atoms with van der Waals surface area (Å²) in [6, 6.07) is 8.77. The summed E-state index contributed by atoms with van der Waals surface area (Å²) in [5.74, 6) is 3.75. The summed E-state index contributed by atoms with van der Waals surface area (Å²) in [6.45, 7) is 3.20. The molecule has 0 aliphatic heterocycles. The fraction of sp³-hybridized carbons (Fsp3) is 0.429. The standard InChI is InChI=1S/C14H18BrNS/c1-3-6-13(16-9-4-2)11-17-14-8-5-7-12(15)10-14/h1,5,7-8,10,13,16H,4,6,9,11H2,2H3. The summed E-state index contributed by atoms with van der Waals surface area (Å²) >= 11 is 5.33. The van der Waals surface area contributed by atoms with Gasteiger partial charge in [0.05, 0.1) is 0 Å². The molecule has 1 unspecified atom stereocenters. The second-order valence-corrected chi connectivity index (χ2v) is 5.84. The molecular formula is C14H18BrNS. The Hall–Kier alpha value is -0.430. The molecule has 0 heterocycles. The molecular weight excluding hydrogens is 294 g/mol. The third-order valence-corrected chi connectivity index (χ3v) is 3.94. The number of hydrogen-bond donors (Lipinski definition) is 1. The van der Waals surface area contributed by atoms with Gasteiger partial charge in [-0.15, -0.1) is 24.1 Å². The second-order valence-electron chi connectivity index (χ2n) is 3.83. The van der Waals surface area contributed by atoms with Crippen LogP contribution in [-0.4, -0.2) is 18.3 Å². The minimum Gasteiger partial charge on any atom is -0.312 e. The molecule has 0 amide bonds. The first kappa shape index (κ1) is 14.6. The number of terminal acetylenes is 1. The number of thioether (sulfide) groups is 1. The van der Waals surface area contributed by atoms with Crippen LogP contribution in [0.5, 0.6) is 0 Å². The molecule has 0 saturated heterocycles. The fourth-order valence-corrected chi connectivity index (χ4v) is 3.00. The van der Waals surface area contributed by atoms with Crippen molar-refractivity contribution < 1.29 is 0 Å². The van der Waals surface area contributed by atoms with E-state index in [2.05, 4.69) is 52.3 Å². The van der Waals surface area contributed by atoms with E-state index in [0.717, 1.165) is 29.6 Å². The summed E-state index contributed by atoms with van der Waals surface area (Å²) in [6.07, 6.45) is 7.32. The van der Waals surface area contributed by atoms with Gasteiger partial charge in [-0.05, 0) is 31.2 Å². The Bertz CT molecular complexity index is 373. The van der Waals surface area contributed by atoms with Gasteiger partial charge in [0, 0.05) is 27.6 Å². The molecule has 0 saturated carbocycles. The molecule has 0 bridgehead atoms. The largest absolute Gasteiger partial charge is 0.312 e. The Labute approximate surface area is 117 Å². The van der Waals surface area contributed by atoms with Crippen LogP contribution in [0.25, 0.3) is 0 Å². The van der Waals surface area contributed by atoms with Crippen molar-refractivity contribution in [3.8, 4) is 12.3 Å². The minimum atomic E-state index is 0.406. The summed E-state index contributed by atoms with van der Waals surface area (Å²) < 4.78 is 1.12. The quantitative estimate of drug-likeness (QED) is 0.605. The number of benzene rings is 1. The molecule has 17 heavy (non-hydrogen) atoms. The fourth-order valence-electron chi connectivity index (χ4n) is 1.43. The predicted molar refractivity (Wildman–Crippen MR) is 80.4 cm³/mol. The van der Waals surface area contributed by atoms with Crippen molar-refractivity contribution in [2.24, 2.45) is 0 Å². The van der Waals surface area contributed by atoms with E-state index >= 15 is 0 Å². The monoisotopic (exact) mass is 311 g/mol. The molecule has 1 nitrogen and oxygen atoms in total. The third kappa shape index (κ3) is 6.16. The van der Waals surface area contributed by atoms with Crippen LogP contribution >= 0.6 is 27.7 Å². The molecule has 0 aromatic heterocycles. The van der Waals surface area contributed by atoms with Crippen LogP contribution < -0.4 is 5.32 Å². The molecule has 0 aliphatic rings. The van der Waals surface area contributed by atoms with E-state index in [9.17, 15) is 0 Å². The Morgan fingerprint density at radius 1 is 1.53 bits per heavy atom. The average Bonchev–Trinajstić information content (AvgIpc) is 2.33. The van der Waals surface area contributed by atoms with E-state index < -0.39 is 0 Å². The van der Waals surface area contributed by atoms with Gasteiger partial charge in [-0.1, -0.05) is 28.9 Å². The lowest BCUT2D eigenvalue weighted by molar-refractivity contribution is 0.563. The molecule has 3 heteroatoms. The number of halogens is 1. The highest BCUT2D eigenvalue weighted by Crippen LogP contribution is 2.22. The molecule has 0 spiro atoms. The zero-order chi connectivity index (χ0) is 12.5. The third-order valence-electron chi connectivity index (χ3n) is 2.29. The Balaban J connectivity index is 2.43. The summed E-state index contributed by atoms with van der Waals surface area (Å²) in [5, 5.41) is 3.48. The van der Waals surface area contributed by atoms with Crippen molar-refractivity contribution in [3.05, 3.63) is 28.7 Å². The lowest BCUT2D eigenvalue weighted by atomic mass is 10.2. The van der Waals surface area contributed by atoms with E-state index in [-0.39, 0.29) is 0 Å². The Kier molecular flexibility index (Phi) is 7.43. The van der Waals surface area contributed by atoms with Crippen LogP contribution in [0, 0.1) is 12.3 Å². The maximum Gasteiger partial charge on any atom is 0.0271 e. The molecule has 1 rings (SSSR count). The first-order valence-electron chi connectivity index (χ1n) is 5.81. The lowest BCUT2D eigenvalue weighted by Crippen LogP contribution is -2.31. The summed E-state index contributed by atoms with van der Waals surface area (Å²) in [5.41, 5.74) is 0. The van der Waals surface area contributed by atoms with Crippen molar-refractivity contribution in [3.63, 3.8) is 0 Å². The van der Waals surface area contributed by atoms with Crippen LogP contribution in [-0.2, 0) is 0 Å².